The van der Waals surface area contributed by atoms with Crippen molar-refractivity contribution in [3.05, 3.63) is 88.9 Å². The highest BCUT2D eigenvalue weighted by Crippen LogP contribution is 2.43. The number of ether oxygens (including phenoxy) is 3. The van der Waals surface area contributed by atoms with Crippen molar-refractivity contribution in [2.45, 2.75) is 33.2 Å². The molecule has 0 saturated heterocycles. The normalized spacial score (nSPS) is 14.7. The first-order valence-electron chi connectivity index (χ1n) is 11.2. The zero-order valence-electron chi connectivity index (χ0n) is 19.4. The largest absolute Gasteiger partial charge is 0.465 e. The van der Waals surface area contributed by atoms with E-state index >= 15 is 0 Å². The van der Waals surface area contributed by atoms with Crippen LogP contribution in [-0.4, -0.2) is 34.9 Å². The molecule has 1 aliphatic rings. The molecule has 4 rings (SSSR count). The Labute approximate surface area is 198 Å². The molecule has 2 heterocycles. The summed E-state index contributed by atoms with van der Waals surface area (Å²) >= 11 is 0. The summed E-state index contributed by atoms with van der Waals surface area (Å²) in [7, 11) is 0. The lowest BCUT2D eigenvalue weighted by Crippen LogP contribution is -2.34. The minimum absolute atomic E-state index is 0.0689. The standard InChI is InChI=1S/C26H27N3O5/c1-4-32-25(30)21-20-17(3)28-29(19-14-10-7-11-15-19)24(20)34-23(22(21)26(31)33-5-2)27-16-18-12-8-6-9-13-18/h6-15,21,27H,4-5,16H2,1-3H3. The number of para-hydroxylation sites is 1. The van der Waals surface area contributed by atoms with Gasteiger partial charge in [0.1, 0.15) is 11.5 Å². The number of benzene rings is 2. The molecule has 1 atom stereocenters. The number of hydrogen-bond acceptors (Lipinski definition) is 7. The molecule has 1 aliphatic heterocycles. The Morgan fingerprint density at radius 1 is 1.00 bits per heavy atom. The van der Waals surface area contributed by atoms with Crippen LogP contribution in [0.3, 0.4) is 0 Å². The average molecular weight is 462 g/mol. The number of nitrogens with zero attached hydrogens (tertiary/aromatic N) is 2. The highest BCUT2D eigenvalue weighted by molar-refractivity contribution is 6.00. The van der Waals surface area contributed by atoms with Gasteiger partial charge in [0.15, 0.2) is 0 Å². The van der Waals surface area contributed by atoms with Crippen molar-refractivity contribution in [2.75, 3.05) is 13.2 Å². The fourth-order valence-corrected chi connectivity index (χ4v) is 3.91. The summed E-state index contributed by atoms with van der Waals surface area (Å²) in [5.41, 5.74) is 2.85. The minimum atomic E-state index is -1.04. The van der Waals surface area contributed by atoms with Gasteiger partial charge in [-0.25, -0.2) is 9.48 Å². The Hall–Kier alpha value is -4.07. The number of rotatable bonds is 8. The van der Waals surface area contributed by atoms with E-state index in [9.17, 15) is 9.59 Å². The summed E-state index contributed by atoms with van der Waals surface area (Å²) in [5.74, 6) is -1.76. The Bertz CT molecular complexity index is 1200. The maximum absolute atomic E-state index is 13.2. The molecule has 1 unspecified atom stereocenters. The van der Waals surface area contributed by atoms with Crippen molar-refractivity contribution in [3.63, 3.8) is 0 Å². The first-order valence-corrected chi connectivity index (χ1v) is 11.2. The number of carbonyl (C=O) groups excluding carboxylic acids is 2. The fourth-order valence-electron chi connectivity index (χ4n) is 3.91. The predicted octanol–water partition coefficient (Wildman–Crippen LogP) is 3.78. The Morgan fingerprint density at radius 2 is 1.65 bits per heavy atom. The van der Waals surface area contributed by atoms with Crippen LogP contribution in [0.15, 0.2) is 72.1 Å². The van der Waals surface area contributed by atoms with Crippen LogP contribution in [0.2, 0.25) is 0 Å². The van der Waals surface area contributed by atoms with Crippen molar-refractivity contribution < 1.29 is 23.8 Å². The van der Waals surface area contributed by atoms with Crippen LogP contribution in [0.1, 0.15) is 36.6 Å². The minimum Gasteiger partial charge on any atom is -0.465 e. The Morgan fingerprint density at radius 3 is 2.29 bits per heavy atom. The van der Waals surface area contributed by atoms with Crippen molar-refractivity contribution in [2.24, 2.45) is 0 Å². The average Bonchev–Trinajstić information content (AvgIpc) is 3.19. The fraction of sp³-hybridized carbons (Fsp3) is 0.269. The summed E-state index contributed by atoms with van der Waals surface area (Å²) in [6.07, 6.45) is 0. The summed E-state index contributed by atoms with van der Waals surface area (Å²) in [6, 6.07) is 19.1. The van der Waals surface area contributed by atoms with E-state index < -0.39 is 17.9 Å². The highest BCUT2D eigenvalue weighted by atomic mass is 16.5. The molecule has 176 valence electrons. The summed E-state index contributed by atoms with van der Waals surface area (Å²) in [6.45, 7) is 5.91. The van der Waals surface area contributed by atoms with Crippen LogP contribution in [0.25, 0.3) is 5.69 Å². The molecule has 1 N–H and O–H groups in total. The van der Waals surface area contributed by atoms with Crippen molar-refractivity contribution in [1.29, 1.82) is 0 Å². The second-order valence-corrected chi connectivity index (χ2v) is 7.64. The monoisotopic (exact) mass is 461 g/mol. The van der Waals surface area contributed by atoms with E-state index in [-0.39, 0.29) is 24.7 Å². The molecule has 0 amide bonds. The maximum atomic E-state index is 13.2. The van der Waals surface area contributed by atoms with Gasteiger partial charge in [0.25, 0.3) is 0 Å². The van der Waals surface area contributed by atoms with Crippen LogP contribution in [-0.2, 0) is 25.6 Å². The van der Waals surface area contributed by atoms with Gasteiger partial charge in [0.05, 0.1) is 30.2 Å². The first-order chi connectivity index (χ1) is 16.5. The molecule has 1 aromatic heterocycles. The quantitative estimate of drug-likeness (QED) is 0.511. The number of nitrogens with one attached hydrogen (secondary N) is 1. The number of hydrogen-bond donors (Lipinski definition) is 1. The third-order valence-electron chi connectivity index (χ3n) is 5.40. The molecule has 8 nitrogen and oxygen atoms in total. The number of esters is 2. The molecule has 0 saturated carbocycles. The summed E-state index contributed by atoms with van der Waals surface area (Å²) < 4.78 is 18.6. The van der Waals surface area contributed by atoms with Crippen molar-refractivity contribution >= 4 is 11.9 Å². The molecule has 0 bridgehead atoms. The molecular weight excluding hydrogens is 434 g/mol. The van der Waals surface area contributed by atoms with Gasteiger partial charge in [-0.2, -0.15) is 5.10 Å². The van der Waals surface area contributed by atoms with E-state index in [0.717, 1.165) is 11.3 Å². The van der Waals surface area contributed by atoms with Crippen molar-refractivity contribution in [3.8, 4) is 11.6 Å². The van der Waals surface area contributed by atoms with E-state index in [1.807, 2.05) is 60.7 Å². The molecule has 8 heteroatoms. The van der Waals surface area contributed by atoms with Gasteiger partial charge >= 0.3 is 11.9 Å². The number of aromatic nitrogens is 2. The van der Waals surface area contributed by atoms with Gasteiger partial charge in [0, 0.05) is 6.54 Å². The summed E-state index contributed by atoms with van der Waals surface area (Å²) in [5, 5.41) is 7.82. The molecule has 2 aromatic carbocycles. The van der Waals surface area contributed by atoms with E-state index in [1.165, 1.54) is 0 Å². The molecule has 34 heavy (non-hydrogen) atoms. The zero-order valence-corrected chi connectivity index (χ0v) is 19.4. The molecular formula is C26H27N3O5. The lowest BCUT2D eigenvalue weighted by molar-refractivity contribution is -0.148. The number of aryl methyl sites for hydroxylation is 1. The van der Waals surface area contributed by atoms with Crippen LogP contribution in [0.4, 0.5) is 0 Å². The van der Waals surface area contributed by atoms with E-state index in [2.05, 4.69) is 10.4 Å². The summed E-state index contributed by atoms with van der Waals surface area (Å²) in [4.78, 5) is 26.3. The lowest BCUT2D eigenvalue weighted by atomic mass is 9.89. The van der Waals surface area contributed by atoms with Crippen LogP contribution >= 0.6 is 0 Å². The van der Waals surface area contributed by atoms with Gasteiger partial charge in [-0.15, -0.1) is 0 Å². The van der Waals surface area contributed by atoms with Gasteiger partial charge in [-0.05, 0) is 38.5 Å². The van der Waals surface area contributed by atoms with Gasteiger partial charge in [-0.1, -0.05) is 48.5 Å². The smallest absolute Gasteiger partial charge is 0.340 e. The predicted molar refractivity (Wildman–Crippen MR) is 125 cm³/mol. The second-order valence-electron chi connectivity index (χ2n) is 7.64. The second kappa shape index (κ2) is 10.2. The SMILES string of the molecule is CCOC(=O)C1=C(NCc2ccccc2)Oc2c(c(C)nn2-c2ccccc2)C1C(=O)OCC. The molecule has 0 aliphatic carbocycles. The van der Waals surface area contributed by atoms with Gasteiger partial charge in [-0.3, -0.25) is 4.79 Å². The number of fused-ring (bicyclic) bond motifs is 1. The van der Waals surface area contributed by atoms with E-state index in [4.69, 9.17) is 14.2 Å². The third-order valence-corrected chi connectivity index (χ3v) is 5.40. The topological polar surface area (TPSA) is 91.7 Å². The molecule has 3 aromatic rings. The van der Waals surface area contributed by atoms with E-state index in [0.29, 0.717) is 23.7 Å². The van der Waals surface area contributed by atoms with E-state index in [1.54, 1.807) is 25.5 Å². The lowest BCUT2D eigenvalue weighted by Gasteiger charge is -2.27. The maximum Gasteiger partial charge on any atom is 0.340 e. The van der Waals surface area contributed by atoms with Gasteiger partial charge in [0.2, 0.25) is 11.8 Å². The Balaban J connectivity index is 1.85. The molecule has 0 spiro atoms. The van der Waals surface area contributed by atoms with Crippen LogP contribution in [0, 0.1) is 6.92 Å². The third kappa shape index (κ3) is 4.52. The van der Waals surface area contributed by atoms with Gasteiger partial charge < -0.3 is 19.5 Å². The van der Waals surface area contributed by atoms with Crippen molar-refractivity contribution in [1.82, 2.24) is 15.1 Å². The molecule has 0 radical (unpaired) electrons. The first kappa shape index (κ1) is 23.1. The zero-order chi connectivity index (χ0) is 24.1. The number of carbonyl (C=O) groups is 2. The molecule has 0 fully saturated rings. The highest BCUT2D eigenvalue weighted by Gasteiger charge is 2.44. The van der Waals surface area contributed by atoms with Crippen LogP contribution < -0.4 is 10.1 Å². The Kier molecular flexibility index (Phi) is 6.96. The van der Waals surface area contributed by atoms with Crippen LogP contribution in [0.5, 0.6) is 5.88 Å².